The van der Waals surface area contributed by atoms with Crippen molar-refractivity contribution >= 4 is 16.9 Å². The van der Waals surface area contributed by atoms with Gasteiger partial charge in [-0.3, -0.25) is 0 Å². The molecule has 0 radical (unpaired) electrons. The number of aromatic nitrogens is 2. The third kappa shape index (κ3) is 2.05. The molecule has 0 saturated carbocycles. The molecular weight excluding hydrogens is 202 g/mol. The van der Waals surface area contributed by atoms with E-state index in [-0.39, 0.29) is 0 Å². The number of ether oxygens (including phenoxy) is 1. The molecular formula is C12H15N3O. The number of nitrogens with zero attached hydrogens (tertiary/aromatic N) is 2. The molecule has 0 aliphatic heterocycles. The van der Waals surface area contributed by atoms with Crippen molar-refractivity contribution in [2.75, 3.05) is 19.0 Å². The highest BCUT2D eigenvalue weighted by Gasteiger charge is 2.06. The lowest BCUT2D eigenvalue weighted by atomic mass is 10.2. The summed E-state index contributed by atoms with van der Waals surface area (Å²) in [7, 11) is 1.80. The van der Waals surface area contributed by atoms with Crippen LogP contribution in [0.15, 0.2) is 24.3 Å². The molecule has 84 valence electrons. The SMILES string of the molecule is CCCOc1nc(NC)nc2ccccc12. The van der Waals surface area contributed by atoms with Gasteiger partial charge in [0.15, 0.2) is 0 Å². The van der Waals surface area contributed by atoms with Gasteiger partial charge < -0.3 is 10.1 Å². The highest BCUT2D eigenvalue weighted by atomic mass is 16.5. The summed E-state index contributed by atoms with van der Waals surface area (Å²) in [6.07, 6.45) is 0.965. The van der Waals surface area contributed by atoms with Crippen molar-refractivity contribution in [1.82, 2.24) is 9.97 Å². The van der Waals surface area contributed by atoms with Crippen molar-refractivity contribution < 1.29 is 4.74 Å². The standard InChI is InChI=1S/C12H15N3O/c1-3-8-16-11-9-6-4-5-7-10(9)14-12(13-2)15-11/h4-7H,3,8H2,1-2H3,(H,13,14,15). The minimum atomic E-state index is 0.588. The fourth-order valence-corrected chi connectivity index (χ4v) is 1.47. The third-order valence-electron chi connectivity index (χ3n) is 2.23. The Morgan fingerprint density at radius 3 is 2.81 bits per heavy atom. The zero-order chi connectivity index (χ0) is 11.4. The summed E-state index contributed by atoms with van der Waals surface area (Å²) < 4.78 is 5.62. The molecule has 0 spiro atoms. The summed E-state index contributed by atoms with van der Waals surface area (Å²) in [6, 6.07) is 7.85. The van der Waals surface area contributed by atoms with Crippen molar-refractivity contribution in [3.63, 3.8) is 0 Å². The molecule has 2 aromatic rings. The summed E-state index contributed by atoms with van der Waals surface area (Å²) in [5.74, 6) is 1.24. The van der Waals surface area contributed by atoms with Gasteiger partial charge in [0, 0.05) is 7.05 Å². The number of hydrogen-bond acceptors (Lipinski definition) is 4. The minimum absolute atomic E-state index is 0.588. The molecule has 0 atom stereocenters. The van der Waals surface area contributed by atoms with Gasteiger partial charge in [-0.05, 0) is 18.6 Å². The molecule has 4 heteroatoms. The lowest BCUT2D eigenvalue weighted by molar-refractivity contribution is 0.309. The fourth-order valence-electron chi connectivity index (χ4n) is 1.47. The molecule has 0 unspecified atom stereocenters. The maximum atomic E-state index is 5.62. The van der Waals surface area contributed by atoms with Crippen LogP contribution in [0.1, 0.15) is 13.3 Å². The van der Waals surface area contributed by atoms with Crippen LogP contribution >= 0.6 is 0 Å². The quantitative estimate of drug-likeness (QED) is 0.854. The molecule has 1 aromatic carbocycles. The summed E-state index contributed by atoms with van der Waals surface area (Å²) >= 11 is 0. The first-order valence-corrected chi connectivity index (χ1v) is 5.42. The number of benzene rings is 1. The van der Waals surface area contributed by atoms with E-state index in [1.54, 1.807) is 7.05 Å². The second-order valence-corrected chi connectivity index (χ2v) is 3.47. The van der Waals surface area contributed by atoms with Crippen molar-refractivity contribution in [3.8, 4) is 5.88 Å². The van der Waals surface area contributed by atoms with Crippen LogP contribution < -0.4 is 10.1 Å². The molecule has 4 nitrogen and oxygen atoms in total. The van der Waals surface area contributed by atoms with E-state index in [1.165, 1.54) is 0 Å². The molecule has 0 aliphatic carbocycles. The lowest BCUT2D eigenvalue weighted by Crippen LogP contribution is -2.02. The normalized spacial score (nSPS) is 10.4. The number of fused-ring (bicyclic) bond motifs is 1. The largest absolute Gasteiger partial charge is 0.477 e. The summed E-state index contributed by atoms with van der Waals surface area (Å²) in [5, 5.41) is 3.89. The molecule has 1 aromatic heterocycles. The highest BCUT2D eigenvalue weighted by molar-refractivity contribution is 5.84. The number of anilines is 1. The van der Waals surface area contributed by atoms with Crippen LogP contribution in [-0.2, 0) is 0 Å². The topological polar surface area (TPSA) is 47.0 Å². The molecule has 16 heavy (non-hydrogen) atoms. The van der Waals surface area contributed by atoms with Crippen LogP contribution in [0, 0.1) is 0 Å². The Balaban J connectivity index is 2.50. The van der Waals surface area contributed by atoms with Gasteiger partial charge >= 0.3 is 0 Å². The van der Waals surface area contributed by atoms with Gasteiger partial charge in [-0.2, -0.15) is 4.98 Å². The van der Waals surface area contributed by atoms with Crippen molar-refractivity contribution in [2.45, 2.75) is 13.3 Å². The van der Waals surface area contributed by atoms with E-state index in [1.807, 2.05) is 24.3 Å². The first-order valence-electron chi connectivity index (χ1n) is 5.42. The molecule has 0 amide bonds. The van der Waals surface area contributed by atoms with E-state index in [0.29, 0.717) is 18.4 Å². The van der Waals surface area contributed by atoms with E-state index < -0.39 is 0 Å². The van der Waals surface area contributed by atoms with Crippen LogP contribution in [0.2, 0.25) is 0 Å². The van der Waals surface area contributed by atoms with Crippen LogP contribution in [-0.4, -0.2) is 23.6 Å². The molecule has 0 aliphatic rings. The summed E-state index contributed by atoms with van der Waals surface area (Å²) in [4.78, 5) is 8.67. The number of rotatable bonds is 4. The Hall–Kier alpha value is -1.84. The average molecular weight is 217 g/mol. The van der Waals surface area contributed by atoms with Crippen LogP contribution in [0.5, 0.6) is 5.88 Å². The summed E-state index contributed by atoms with van der Waals surface area (Å²) in [6.45, 7) is 2.74. The number of nitrogens with one attached hydrogen (secondary N) is 1. The third-order valence-corrected chi connectivity index (χ3v) is 2.23. The maximum Gasteiger partial charge on any atom is 0.226 e. The Labute approximate surface area is 94.7 Å². The Morgan fingerprint density at radius 1 is 1.25 bits per heavy atom. The van der Waals surface area contributed by atoms with Crippen molar-refractivity contribution in [3.05, 3.63) is 24.3 Å². The zero-order valence-electron chi connectivity index (χ0n) is 9.53. The van der Waals surface area contributed by atoms with Gasteiger partial charge in [0.1, 0.15) is 0 Å². The van der Waals surface area contributed by atoms with Gasteiger partial charge in [-0.1, -0.05) is 19.1 Å². The Morgan fingerprint density at radius 2 is 2.06 bits per heavy atom. The summed E-state index contributed by atoms with van der Waals surface area (Å²) in [5.41, 5.74) is 0.896. The van der Waals surface area contributed by atoms with Crippen molar-refractivity contribution in [1.29, 1.82) is 0 Å². The van der Waals surface area contributed by atoms with Gasteiger partial charge in [-0.15, -0.1) is 0 Å². The van der Waals surface area contributed by atoms with Gasteiger partial charge in [0.05, 0.1) is 17.5 Å². The van der Waals surface area contributed by atoms with E-state index in [4.69, 9.17) is 4.74 Å². The van der Waals surface area contributed by atoms with E-state index in [9.17, 15) is 0 Å². The first kappa shape index (κ1) is 10.7. The number of para-hydroxylation sites is 1. The fraction of sp³-hybridized carbons (Fsp3) is 0.333. The van der Waals surface area contributed by atoms with E-state index in [0.717, 1.165) is 17.3 Å². The highest BCUT2D eigenvalue weighted by Crippen LogP contribution is 2.23. The monoisotopic (exact) mass is 217 g/mol. The molecule has 0 saturated heterocycles. The average Bonchev–Trinajstić information content (AvgIpc) is 2.35. The predicted molar refractivity (Wildman–Crippen MR) is 64.9 cm³/mol. The second-order valence-electron chi connectivity index (χ2n) is 3.47. The van der Waals surface area contributed by atoms with Gasteiger partial charge in [0.25, 0.3) is 0 Å². The maximum absolute atomic E-state index is 5.62. The van der Waals surface area contributed by atoms with Gasteiger partial charge in [-0.25, -0.2) is 4.98 Å². The Kier molecular flexibility index (Phi) is 3.19. The van der Waals surface area contributed by atoms with Crippen LogP contribution in [0.4, 0.5) is 5.95 Å². The molecule has 1 heterocycles. The van der Waals surface area contributed by atoms with Crippen LogP contribution in [0.3, 0.4) is 0 Å². The van der Waals surface area contributed by atoms with Gasteiger partial charge in [0.2, 0.25) is 11.8 Å². The predicted octanol–water partition coefficient (Wildman–Crippen LogP) is 2.46. The zero-order valence-corrected chi connectivity index (χ0v) is 9.53. The Bertz CT molecular complexity index is 485. The van der Waals surface area contributed by atoms with Crippen molar-refractivity contribution in [2.24, 2.45) is 0 Å². The number of hydrogen-bond donors (Lipinski definition) is 1. The molecule has 0 bridgehead atoms. The smallest absolute Gasteiger partial charge is 0.226 e. The first-order chi connectivity index (χ1) is 7.85. The van der Waals surface area contributed by atoms with E-state index >= 15 is 0 Å². The minimum Gasteiger partial charge on any atom is -0.477 e. The molecule has 2 rings (SSSR count). The van der Waals surface area contributed by atoms with E-state index in [2.05, 4.69) is 22.2 Å². The molecule has 1 N–H and O–H groups in total. The van der Waals surface area contributed by atoms with Crippen LogP contribution in [0.25, 0.3) is 10.9 Å². The lowest BCUT2D eigenvalue weighted by Gasteiger charge is -2.08. The molecule has 0 fully saturated rings. The second kappa shape index (κ2) is 4.79.